The van der Waals surface area contributed by atoms with Crippen molar-refractivity contribution in [3.63, 3.8) is 0 Å². The number of carboxylic acid groups (broad SMARTS) is 2. The van der Waals surface area contributed by atoms with E-state index in [1.165, 1.54) is 0 Å². The topological polar surface area (TPSA) is 173 Å². The first kappa shape index (κ1) is 32.6. The molecule has 5 heterocycles. The number of aliphatic hydroxyl groups is 1. The van der Waals surface area contributed by atoms with Gasteiger partial charge in [-0.3, -0.25) is 9.59 Å². The van der Waals surface area contributed by atoms with Crippen LogP contribution in [0.3, 0.4) is 0 Å². The summed E-state index contributed by atoms with van der Waals surface area (Å²) in [5.74, 6) is -3.37. The van der Waals surface area contributed by atoms with E-state index in [4.69, 9.17) is 20.1 Å². The predicted molar refractivity (Wildman–Crippen MR) is 183 cm³/mol. The molecule has 1 aliphatic carbocycles. The minimum absolute atomic E-state index is 0.0313. The van der Waals surface area contributed by atoms with Gasteiger partial charge in [0.05, 0.1) is 40.6 Å². The molecule has 11 nitrogen and oxygen atoms in total. The highest BCUT2D eigenvalue weighted by Gasteiger charge is 2.41. The molecule has 0 aromatic carbocycles. The first-order chi connectivity index (χ1) is 22.8. The highest BCUT2D eigenvalue weighted by Crippen LogP contribution is 2.46. The average Bonchev–Trinajstić information content (AvgIpc) is 3.78. The molecule has 6 aliphatic rings. The van der Waals surface area contributed by atoms with E-state index in [1.54, 1.807) is 0 Å². The molecular formula is C37H39N5O6. The van der Waals surface area contributed by atoms with E-state index in [0.717, 1.165) is 79.8 Å². The number of hydrogen-bond donors (Lipinski definition) is 5. The Labute approximate surface area is 278 Å². The molecule has 5 N–H and O–H groups in total. The van der Waals surface area contributed by atoms with Gasteiger partial charge in [0.25, 0.3) is 0 Å². The number of hydrogen-bond acceptors (Lipinski definition) is 8. The van der Waals surface area contributed by atoms with Crippen molar-refractivity contribution in [2.75, 3.05) is 0 Å². The quantitative estimate of drug-likeness (QED) is 0.214. The first-order valence-electron chi connectivity index (χ1n) is 16.2. The first-order valence-corrected chi connectivity index (χ1v) is 16.2. The molecule has 1 saturated heterocycles. The summed E-state index contributed by atoms with van der Waals surface area (Å²) in [6.45, 7) is 14.2. The Balaban J connectivity index is 1.46. The maximum Gasteiger partial charge on any atom is 0.326 e. The largest absolute Gasteiger partial charge is 0.511 e. The minimum Gasteiger partial charge on any atom is -0.511 e. The van der Waals surface area contributed by atoms with Crippen molar-refractivity contribution >= 4 is 35.0 Å². The van der Waals surface area contributed by atoms with Crippen molar-refractivity contribution < 1.29 is 29.7 Å². The Kier molecular flexibility index (Phi) is 8.40. The van der Waals surface area contributed by atoms with Gasteiger partial charge in [0.2, 0.25) is 5.91 Å². The van der Waals surface area contributed by atoms with Crippen LogP contribution in [0.2, 0.25) is 0 Å². The number of rotatable bonds is 9. The van der Waals surface area contributed by atoms with Crippen LogP contribution in [0.15, 0.2) is 119 Å². The SMILES string of the molecule is C=CC1=C(C)C2=NC1=CC1=NC(=CC3=C(C)C4=C(O)CC(=C5NC(=C2)[C@@H](C)[C@@H]5CCC(=O)NC(CC(=O)O)C(=O)O)C4=N3)C(CC)=C1C. The number of carboxylic acids is 2. The summed E-state index contributed by atoms with van der Waals surface area (Å²) in [6.07, 6.45) is 8.45. The summed E-state index contributed by atoms with van der Waals surface area (Å²) in [5.41, 5.74) is 12.8. The van der Waals surface area contributed by atoms with E-state index >= 15 is 0 Å². The van der Waals surface area contributed by atoms with Crippen LogP contribution in [0, 0.1) is 11.8 Å². The van der Waals surface area contributed by atoms with E-state index in [-0.39, 0.29) is 30.4 Å². The van der Waals surface area contributed by atoms with E-state index in [0.29, 0.717) is 17.7 Å². The van der Waals surface area contributed by atoms with Gasteiger partial charge in [0.1, 0.15) is 11.8 Å². The van der Waals surface area contributed by atoms with Gasteiger partial charge >= 0.3 is 11.9 Å². The molecule has 3 atom stereocenters. The molecule has 1 unspecified atom stereocenters. The Hall–Kier alpha value is -5.32. The van der Waals surface area contributed by atoms with Crippen molar-refractivity contribution in [3.8, 4) is 0 Å². The van der Waals surface area contributed by atoms with Gasteiger partial charge in [-0.25, -0.2) is 19.8 Å². The summed E-state index contributed by atoms with van der Waals surface area (Å²) < 4.78 is 0. The Morgan fingerprint density at radius 3 is 2.42 bits per heavy atom. The molecule has 0 radical (unpaired) electrons. The zero-order chi connectivity index (χ0) is 34.6. The highest BCUT2D eigenvalue weighted by atomic mass is 16.4. The lowest BCUT2D eigenvalue weighted by Crippen LogP contribution is -2.42. The number of carbonyl (C=O) groups excluding carboxylic acids is 1. The van der Waals surface area contributed by atoms with Crippen LogP contribution in [0.1, 0.15) is 66.7 Å². The van der Waals surface area contributed by atoms with Gasteiger partial charge in [-0.1, -0.05) is 26.5 Å². The second-order valence-electron chi connectivity index (χ2n) is 12.8. The third kappa shape index (κ3) is 5.52. The van der Waals surface area contributed by atoms with Crippen molar-refractivity contribution in [1.29, 1.82) is 0 Å². The van der Waals surface area contributed by atoms with Crippen LogP contribution in [0.25, 0.3) is 0 Å². The van der Waals surface area contributed by atoms with Crippen molar-refractivity contribution in [1.82, 2.24) is 10.6 Å². The molecule has 5 aliphatic heterocycles. The molecular weight excluding hydrogens is 610 g/mol. The van der Waals surface area contributed by atoms with Crippen LogP contribution in [0.5, 0.6) is 0 Å². The second kappa shape index (κ2) is 12.4. The summed E-state index contributed by atoms with van der Waals surface area (Å²) >= 11 is 0. The van der Waals surface area contributed by atoms with Crippen molar-refractivity contribution in [3.05, 3.63) is 104 Å². The lowest BCUT2D eigenvalue weighted by atomic mass is 9.86. The third-order valence-electron chi connectivity index (χ3n) is 10.00. The molecule has 1 amide bonds. The minimum atomic E-state index is -1.53. The fourth-order valence-corrected chi connectivity index (χ4v) is 7.31. The number of amides is 1. The summed E-state index contributed by atoms with van der Waals surface area (Å²) in [4.78, 5) is 50.8. The second-order valence-corrected chi connectivity index (χ2v) is 12.8. The number of nitrogens with one attached hydrogen (secondary N) is 2. The predicted octanol–water partition coefficient (Wildman–Crippen LogP) is 5.67. The standard InChI is InChI=1S/C37H39N5O6/c1-7-20-16(3)24-12-26-18(5)22(9-10-32(44)40-30(37(47)48)15-33(45)46)35(41-26)23-11-31(43)34-19(6)27(42-36(23)34)14-29-21(8-2)17(4)25(39-29)13-28(20)38-24/h7,12-14,18,22,30,41,43H,1,8-11,15H2,2-6H3,(H,40,44)(H,45,46)(H,47,48)/t18-,22-,30?/m0/s1. The fourth-order valence-electron chi connectivity index (χ4n) is 7.31. The normalized spacial score (nSPS) is 23.5. The van der Waals surface area contributed by atoms with E-state index in [2.05, 4.69) is 38.0 Å². The zero-order valence-electron chi connectivity index (χ0n) is 27.7. The number of allylic oxidation sites excluding steroid dienone is 12. The lowest BCUT2D eigenvalue weighted by Gasteiger charge is -2.19. The van der Waals surface area contributed by atoms with Crippen LogP contribution in [-0.4, -0.2) is 56.3 Å². The molecule has 1 fully saturated rings. The molecule has 0 aromatic rings. The number of aliphatic hydroxyl groups excluding tert-OH is 1. The summed E-state index contributed by atoms with van der Waals surface area (Å²) in [5, 5.41) is 35.8. The van der Waals surface area contributed by atoms with Gasteiger partial charge in [-0.15, -0.1) is 0 Å². The van der Waals surface area contributed by atoms with Gasteiger partial charge in [0, 0.05) is 52.8 Å². The number of aliphatic imine (C=N–C) groups is 3. The van der Waals surface area contributed by atoms with Gasteiger partial charge in [-0.05, 0) is 74.1 Å². The van der Waals surface area contributed by atoms with Crippen molar-refractivity contribution in [2.24, 2.45) is 26.8 Å². The highest BCUT2D eigenvalue weighted by molar-refractivity contribution is 6.21. The average molecular weight is 650 g/mol. The smallest absolute Gasteiger partial charge is 0.326 e. The Bertz CT molecular complexity index is 1950. The number of aliphatic carboxylic acids is 2. The van der Waals surface area contributed by atoms with E-state index in [1.807, 2.05) is 38.2 Å². The third-order valence-corrected chi connectivity index (χ3v) is 10.00. The summed E-state index contributed by atoms with van der Waals surface area (Å²) in [6, 6.07) is -1.53. The molecule has 8 bridgehead atoms. The monoisotopic (exact) mass is 649 g/mol. The van der Waals surface area contributed by atoms with E-state index < -0.39 is 30.3 Å². The van der Waals surface area contributed by atoms with Crippen LogP contribution < -0.4 is 10.6 Å². The summed E-state index contributed by atoms with van der Waals surface area (Å²) in [7, 11) is 0. The van der Waals surface area contributed by atoms with Crippen LogP contribution in [-0.2, 0) is 14.4 Å². The number of nitrogens with zero attached hydrogens (tertiary/aromatic N) is 3. The van der Waals surface area contributed by atoms with Crippen molar-refractivity contribution in [2.45, 2.75) is 72.8 Å². The fraction of sp³-hybridized carbons (Fsp3) is 0.351. The maximum atomic E-state index is 12.9. The zero-order valence-corrected chi connectivity index (χ0v) is 27.7. The van der Waals surface area contributed by atoms with Gasteiger partial charge in [0.15, 0.2) is 0 Å². The van der Waals surface area contributed by atoms with Gasteiger partial charge < -0.3 is 26.0 Å². The Morgan fingerprint density at radius 2 is 1.75 bits per heavy atom. The maximum absolute atomic E-state index is 12.9. The lowest BCUT2D eigenvalue weighted by molar-refractivity contribution is -0.147. The van der Waals surface area contributed by atoms with Gasteiger partial charge in [-0.2, -0.15) is 0 Å². The molecule has 0 saturated carbocycles. The Morgan fingerprint density at radius 1 is 1.04 bits per heavy atom. The van der Waals surface area contributed by atoms with E-state index in [9.17, 15) is 24.6 Å². The molecule has 0 spiro atoms. The molecule has 248 valence electrons. The molecule has 6 rings (SSSR count). The molecule has 0 aromatic heterocycles. The molecule has 11 heteroatoms. The number of carbonyl (C=O) groups is 3. The van der Waals surface area contributed by atoms with Crippen LogP contribution >= 0.6 is 0 Å². The number of fused-ring (bicyclic) bond motifs is 5. The molecule has 48 heavy (non-hydrogen) atoms. The van der Waals surface area contributed by atoms with Crippen LogP contribution in [0.4, 0.5) is 0 Å².